The van der Waals surface area contributed by atoms with Gasteiger partial charge in [0, 0.05) is 5.69 Å². The minimum Gasteiger partial charge on any atom is -0.301 e. The molecule has 106 valence electrons. The molecular weight excluding hydrogens is 270 g/mol. The zero-order valence-electron chi connectivity index (χ0n) is 21.3. The Morgan fingerprint density at radius 2 is 1.18 bits per heavy atom. The van der Waals surface area contributed by atoms with Gasteiger partial charge in [-0.15, -0.1) is 0 Å². The fourth-order valence-electron chi connectivity index (χ4n) is 2.18. The average molecular weight is 295 g/mol. The standard InChI is InChI=1S/C20H15NO/c22-20-14-21(20)19-12-17(15-7-3-1-4-8-15)11-18(13-19)16-9-5-2-6-10-16/h1-13H,14H2/i1D,2D,3D,4D,5D,6D,7D,8D,9D,10D. The third kappa shape index (κ3) is 2.40. The molecule has 1 fully saturated rings. The van der Waals surface area contributed by atoms with E-state index < -0.39 is 60.4 Å². The molecule has 2 heteroatoms. The zero-order chi connectivity index (χ0) is 23.6. The predicted molar refractivity (Wildman–Crippen MR) is 89.7 cm³/mol. The monoisotopic (exact) mass is 295 g/mol. The molecule has 0 N–H and O–H groups in total. The first kappa shape index (κ1) is 6.09. The van der Waals surface area contributed by atoms with Gasteiger partial charge in [0.15, 0.2) is 0 Å². The molecule has 1 aliphatic heterocycles. The first-order valence-corrected chi connectivity index (χ1v) is 6.55. The Labute approximate surface area is 143 Å². The number of anilines is 1. The molecule has 0 unspecified atom stereocenters. The molecule has 0 bridgehead atoms. The van der Waals surface area contributed by atoms with Crippen LogP contribution in [0.5, 0.6) is 0 Å². The quantitative estimate of drug-likeness (QED) is 0.657. The van der Waals surface area contributed by atoms with E-state index in [1.807, 2.05) is 0 Å². The second-order valence-corrected chi connectivity index (χ2v) is 4.75. The normalized spacial score (nSPS) is 19.6. The van der Waals surface area contributed by atoms with Crippen LogP contribution >= 0.6 is 0 Å². The predicted octanol–water partition coefficient (Wildman–Crippen LogP) is 4.37. The van der Waals surface area contributed by atoms with E-state index in [9.17, 15) is 4.79 Å². The number of hydrogen-bond donors (Lipinski definition) is 0. The van der Waals surface area contributed by atoms with Gasteiger partial charge in [-0.2, -0.15) is 0 Å². The Hall–Kier alpha value is -2.87. The summed E-state index contributed by atoms with van der Waals surface area (Å²) >= 11 is 0. The highest BCUT2D eigenvalue weighted by Gasteiger charge is 2.31. The van der Waals surface area contributed by atoms with Crippen molar-refractivity contribution in [3.8, 4) is 22.3 Å². The van der Waals surface area contributed by atoms with Crippen molar-refractivity contribution in [1.29, 1.82) is 0 Å². The molecule has 1 amide bonds. The van der Waals surface area contributed by atoms with Crippen molar-refractivity contribution in [1.82, 2.24) is 0 Å². The van der Waals surface area contributed by atoms with Gasteiger partial charge >= 0.3 is 0 Å². The van der Waals surface area contributed by atoms with Crippen LogP contribution in [-0.2, 0) is 4.79 Å². The van der Waals surface area contributed by atoms with Gasteiger partial charge in [-0.05, 0) is 40.5 Å². The summed E-state index contributed by atoms with van der Waals surface area (Å²) in [6.45, 7) is 0.115. The number of rotatable bonds is 3. The number of hydrogen-bond acceptors (Lipinski definition) is 1. The molecule has 0 aliphatic carbocycles. The molecule has 3 aromatic rings. The summed E-state index contributed by atoms with van der Waals surface area (Å²) in [6, 6.07) is -0.633. The van der Waals surface area contributed by atoms with Crippen LogP contribution in [0.15, 0.2) is 78.6 Å². The minimum absolute atomic E-state index is 0.110. The molecule has 0 saturated carbocycles. The van der Waals surface area contributed by atoms with Crippen LogP contribution in [0.25, 0.3) is 22.3 Å². The van der Waals surface area contributed by atoms with Crippen LogP contribution in [0.1, 0.15) is 13.7 Å². The summed E-state index contributed by atoms with van der Waals surface area (Å²) in [5, 5.41) is 0. The summed E-state index contributed by atoms with van der Waals surface area (Å²) in [5.74, 6) is -0.199. The van der Waals surface area contributed by atoms with Gasteiger partial charge < -0.3 is 4.90 Å². The van der Waals surface area contributed by atoms with Gasteiger partial charge in [-0.25, -0.2) is 0 Å². The summed E-state index contributed by atoms with van der Waals surface area (Å²) < 4.78 is 80.3. The van der Waals surface area contributed by atoms with E-state index in [1.165, 1.54) is 23.1 Å². The van der Waals surface area contributed by atoms with Crippen molar-refractivity contribution in [2.45, 2.75) is 0 Å². The Morgan fingerprint density at radius 3 is 1.59 bits per heavy atom. The van der Waals surface area contributed by atoms with E-state index in [1.54, 1.807) is 0 Å². The van der Waals surface area contributed by atoms with E-state index in [2.05, 4.69) is 0 Å². The van der Waals surface area contributed by atoms with Crippen molar-refractivity contribution in [3.63, 3.8) is 0 Å². The van der Waals surface area contributed by atoms with Gasteiger partial charge in [0.05, 0.1) is 13.7 Å². The first-order chi connectivity index (χ1) is 15.0. The topological polar surface area (TPSA) is 20.1 Å². The smallest absolute Gasteiger partial charge is 0.247 e. The van der Waals surface area contributed by atoms with Crippen molar-refractivity contribution in [2.24, 2.45) is 0 Å². The highest BCUT2D eigenvalue weighted by Crippen LogP contribution is 2.34. The van der Waals surface area contributed by atoms with Gasteiger partial charge in [0.25, 0.3) is 0 Å². The maximum Gasteiger partial charge on any atom is 0.247 e. The molecule has 0 spiro atoms. The Balaban J connectivity index is 2.07. The fourth-order valence-corrected chi connectivity index (χ4v) is 2.18. The van der Waals surface area contributed by atoms with Crippen LogP contribution in [-0.4, -0.2) is 12.5 Å². The van der Waals surface area contributed by atoms with Crippen molar-refractivity contribution < 1.29 is 18.5 Å². The molecule has 22 heavy (non-hydrogen) atoms. The molecule has 3 aromatic carbocycles. The van der Waals surface area contributed by atoms with Crippen LogP contribution in [0.3, 0.4) is 0 Å². The van der Waals surface area contributed by atoms with Crippen molar-refractivity contribution >= 4 is 11.6 Å². The van der Waals surface area contributed by atoms with Gasteiger partial charge in [-0.1, -0.05) is 60.4 Å². The Kier molecular flexibility index (Phi) is 1.43. The van der Waals surface area contributed by atoms with Crippen LogP contribution in [0, 0.1) is 0 Å². The third-order valence-electron chi connectivity index (χ3n) is 3.30. The number of amides is 1. The van der Waals surface area contributed by atoms with E-state index in [0.29, 0.717) is 5.69 Å². The molecular formula is C20H15NO. The SMILES string of the molecule is [2H]c1c([2H])c([2H])c(-c2cc(-c3c([2H])c([2H])c([2H])c([2H])c3[2H])cc(N3CC3=O)c2)c([2H])c1[2H]. The Morgan fingerprint density at radius 1 is 0.727 bits per heavy atom. The van der Waals surface area contributed by atoms with E-state index >= 15 is 0 Å². The molecule has 1 heterocycles. The molecule has 0 radical (unpaired) electrons. The molecule has 1 aliphatic rings. The van der Waals surface area contributed by atoms with Crippen molar-refractivity contribution in [2.75, 3.05) is 11.4 Å². The molecule has 2 nitrogen and oxygen atoms in total. The second kappa shape index (κ2) is 5.15. The van der Waals surface area contributed by atoms with Crippen molar-refractivity contribution in [3.05, 3.63) is 78.6 Å². The Bertz CT molecular complexity index is 1190. The molecule has 4 rings (SSSR count). The summed E-state index contributed by atoms with van der Waals surface area (Å²) in [4.78, 5) is 13.1. The number of benzene rings is 3. The lowest BCUT2D eigenvalue weighted by atomic mass is 9.98. The van der Waals surface area contributed by atoms with Gasteiger partial charge in [-0.3, -0.25) is 4.79 Å². The lowest BCUT2D eigenvalue weighted by Crippen LogP contribution is -1.95. The van der Waals surface area contributed by atoms with E-state index in [-0.39, 0.29) is 34.7 Å². The number of carbonyl (C=O) groups is 1. The second-order valence-electron chi connectivity index (χ2n) is 4.75. The highest BCUT2D eigenvalue weighted by molar-refractivity contribution is 6.12. The lowest BCUT2D eigenvalue weighted by molar-refractivity contribution is -0.109. The molecule has 1 saturated heterocycles. The maximum atomic E-state index is 11.8. The van der Waals surface area contributed by atoms with E-state index in [0.717, 1.165) is 0 Å². The zero-order valence-corrected chi connectivity index (χ0v) is 11.3. The largest absolute Gasteiger partial charge is 0.301 e. The molecule has 0 atom stereocenters. The fraction of sp³-hybridized carbons (Fsp3) is 0.0500. The summed E-state index contributed by atoms with van der Waals surface area (Å²) in [7, 11) is 0. The average Bonchev–Trinajstić information content (AvgIpc) is 3.50. The minimum atomic E-state index is -0.549. The van der Waals surface area contributed by atoms with Crippen LogP contribution in [0.4, 0.5) is 5.69 Å². The van der Waals surface area contributed by atoms with Gasteiger partial charge in [0.2, 0.25) is 5.91 Å². The van der Waals surface area contributed by atoms with Gasteiger partial charge in [0.1, 0.15) is 6.54 Å². The number of nitrogens with zero attached hydrogens (tertiary/aromatic N) is 1. The third-order valence-corrected chi connectivity index (χ3v) is 3.30. The van der Waals surface area contributed by atoms with Crippen LogP contribution < -0.4 is 4.90 Å². The maximum absolute atomic E-state index is 11.8. The molecule has 0 aromatic heterocycles. The summed E-state index contributed by atoms with van der Waals surface area (Å²) in [5.41, 5.74) is 0.449. The highest BCUT2D eigenvalue weighted by atomic mass is 16.2. The number of carbonyl (C=O) groups excluding carboxylic acids is 1. The van der Waals surface area contributed by atoms with Crippen LogP contribution in [0.2, 0.25) is 0 Å². The first-order valence-electron chi connectivity index (χ1n) is 11.6. The lowest BCUT2D eigenvalue weighted by Gasteiger charge is -2.10. The summed E-state index contributed by atoms with van der Waals surface area (Å²) in [6.07, 6.45) is 0. The van der Waals surface area contributed by atoms with E-state index in [4.69, 9.17) is 13.7 Å².